The van der Waals surface area contributed by atoms with E-state index in [1.165, 1.54) is 12.8 Å². The molecular formula is C8H15N3SSi. The van der Waals surface area contributed by atoms with Gasteiger partial charge in [0.15, 0.2) is 0 Å². The SMILES string of the molecule is CCCCN1C=CN(C)[SiH]1N=C=S. The lowest BCUT2D eigenvalue weighted by atomic mass is 10.3. The second kappa shape index (κ2) is 5.17. The molecule has 0 aliphatic carbocycles. The molecule has 0 saturated carbocycles. The van der Waals surface area contributed by atoms with E-state index < -0.39 is 9.28 Å². The highest BCUT2D eigenvalue weighted by Crippen LogP contribution is 2.11. The monoisotopic (exact) mass is 213 g/mol. The van der Waals surface area contributed by atoms with Crippen LogP contribution >= 0.6 is 12.2 Å². The first-order chi connectivity index (χ1) is 6.29. The van der Waals surface area contributed by atoms with Crippen LogP contribution in [0.1, 0.15) is 19.8 Å². The minimum Gasteiger partial charge on any atom is -0.373 e. The minimum absolute atomic E-state index is 1.09. The molecule has 1 aliphatic heterocycles. The number of hydrogen-bond donors (Lipinski definition) is 0. The molecule has 72 valence electrons. The van der Waals surface area contributed by atoms with Gasteiger partial charge in [0.1, 0.15) is 0 Å². The molecule has 0 radical (unpaired) electrons. The van der Waals surface area contributed by atoms with Gasteiger partial charge in [-0.3, -0.25) is 0 Å². The lowest BCUT2D eigenvalue weighted by Gasteiger charge is -2.23. The average Bonchev–Trinajstić information content (AvgIpc) is 2.46. The van der Waals surface area contributed by atoms with E-state index in [-0.39, 0.29) is 0 Å². The first-order valence-electron chi connectivity index (χ1n) is 4.52. The molecule has 5 heteroatoms. The van der Waals surface area contributed by atoms with E-state index in [1.54, 1.807) is 0 Å². The van der Waals surface area contributed by atoms with Crippen LogP contribution in [0.5, 0.6) is 0 Å². The van der Waals surface area contributed by atoms with Crippen LogP contribution in [-0.2, 0) is 0 Å². The number of unbranched alkanes of at least 4 members (excludes halogenated alkanes) is 1. The fourth-order valence-electron chi connectivity index (χ4n) is 1.32. The van der Waals surface area contributed by atoms with Crippen molar-refractivity contribution < 1.29 is 0 Å². The Balaban J connectivity index is 2.53. The number of rotatable bonds is 4. The zero-order valence-corrected chi connectivity index (χ0v) is 10.1. The topological polar surface area (TPSA) is 18.8 Å². The van der Waals surface area contributed by atoms with Crippen molar-refractivity contribution in [2.24, 2.45) is 4.66 Å². The molecule has 0 amide bonds. The molecule has 1 heterocycles. The summed E-state index contributed by atoms with van der Waals surface area (Å²) in [5.41, 5.74) is 0. The molecule has 0 N–H and O–H groups in total. The average molecular weight is 213 g/mol. The summed E-state index contributed by atoms with van der Waals surface area (Å²) in [4.78, 5) is 0. The van der Waals surface area contributed by atoms with Crippen molar-refractivity contribution in [3.8, 4) is 0 Å². The summed E-state index contributed by atoms with van der Waals surface area (Å²) in [6, 6.07) is 0. The summed E-state index contributed by atoms with van der Waals surface area (Å²) < 4.78 is 8.70. The molecule has 0 saturated heterocycles. The number of isothiocyanates is 1. The molecule has 0 aromatic rings. The molecule has 3 nitrogen and oxygen atoms in total. The zero-order valence-electron chi connectivity index (χ0n) is 8.10. The first-order valence-corrected chi connectivity index (χ1v) is 6.48. The van der Waals surface area contributed by atoms with E-state index in [0.717, 1.165) is 6.54 Å². The third-order valence-electron chi connectivity index (χ3n) is 2.09. The molecule has 1 rings (SSSR count). The van der Waals surface area contributed by atoms with Crippen LogP contribution in [0.25, 0.3) is 0 Å². The van der Waals surface area contributed by atoms with Crippen LogP contribution in [0, 0.1) is 0 Å². The lowest BCUT2D eigenvalue weighted by molar-refractivity contribution is 0.527. The Hall–Kier alpha value is -0.643. The fourth-order valence-corrected chi connectivity index (χ4v) is 3.37. The smallest absolute Gasteiger partial charge is 0.373 e. The van der Waals surface area contributed by atoms with Gasteiger partial charge in [-0.1, -0.05) is 13.3 Å². The summed E-state index contributed by atoms with van der Waals surface area (Å²) in [5, 5.41) is 2.49. The number of nitrogens with zero attached hydrogens (tertiary/aromatic N) is 3. The maximum Gasteiger partial charge on any atom is 0.390 e. The van der Waals surface area contributed by atoms with Crippen LogP contribution in [0.3, 0.4) is 0 Å². The van der Waals surface area contributed by atoms with Gasteiger partial charge < -0.3 is 9.13 Å². The van der Waals surface area contributed by atoms with Gasteiger partial charge >= 0.3 is 9.28 Å². The molecule has 0 bridgehead atoms. The van der Waals surface area contributed by atoms with Crippen LogP contribution < -0.4 is 0 Å². The summed E-state index contributed by atoms with van der Waals surface area (Å²) in [6.07, 6.45) is 6.62. The van der Waals surface area contributed by atoms with Crippen molar-refractivity contribution in [2.45, 2.75) is 19.8 Å². The van der Waals surface area contributed by atoms with Crippen molar-refractivity contribution >= 4 is 26.7 Å². The van der Waals surface area contributed by atoms with Gasteiger partial charge in [-0.25, -0.2) is 4.66 Å². The van der Waals surface area contributed by atoms with Gasteiger partial charge in [0, 0.05) is 26.0 Å². The highest BCUT2D eigenvalue weighted by molar-refractivity contribution is 7.78. The van der Waals surface area contributed by atoms with E-state index in [0.29, 0.717) is 0 Å². The van der Waals surface area contributed by atoms with Gasteiger partial charge in [0.2, 0.25) is 0 Å². The lowest BCUT2D eigenvalue weighted by Crippen LogP contribution is -2.40. The molecule has 0 aromatic carbocycles. The Morgan fingerprint density at radius 1 is 1.54 bits per heavy atom. The van der Waals surface area contributed by atoms with Gasteiger partial charge in [-0.2, -0.15) is 0 Å². The molecule has 0 spiro atoms. The highest BCUT2D eigenvalue weighted by Gasteiger charge is 2.25. The summed E-state index contributed by atoms with van der Waals surface area (Å²) in [5.74, 6) is 0. The van der Waals surface area contributed by atoms with E-state index in [9.17, 15) is 0 Å². The Morgan fingerprint density at radius 2 is 2.31 bits per heavy atom. The van der Waals surface area contributed by atoms with E-state index >= 15 is 0 Å². The largest absolute Gasteiger partial charge is 0.390 e. The van der Waals surface area contributed by atoms with E-state index in [1.807, 2.05) is 0 Å². The molecule has 1 unspecified atom stereocenters. The fraction of sp³-hybridized carbons (Fsp3) is 0.625. The third-order valence-corrected chi connectivity index (χ3v) is 4.67. The number of hydrogen-bond acceptors (Lipinski definition) is 4. The van der Waals surface area contributed by atoms with Crippen molar-refractivity contribution in [1.82, 2.24) is 9.13 Å². The molecule has 1 aliphatic rings. The normalized spacial score (nSPS) is 20.6. The molecular weight excluding hydrogens is 198 g/mol. The van der Waals surface area contributed by atoms with Crippen molar-refractivity contribution in [3.63, 3.8) is 0 Å². The van der Waals surface area contributed by atoms with Gasteiger partial charge in [-0.05, 0) is 18.6 Å². The maximum atomic E-state index is 4.64. The van der Waals surface area contributed by atoms with Crippen LogP contribution in [0.4, 0.5) is 0 Å². The van der Waals surface area contributed by atoms with Gasteiger partial charge in [0.25, 0.3) is 0 Å². The van der Waals surface area contributed by atoms with E-state index in [2.05, 4.69) is 57.5 Å². The zero-order chi connectivity index (χ0) is 9.68. The molecule has 13 heavy (non-hydrogen) atoms. The van der Waals surface area contributed by atoms with Crippen LogP contribution in [0.2, 0.25) is 0 Å². The van der Waals surface area contributed by atoms with Gasteiger partial charge in [0.05, 0.1) is 5.16 Å². The van der Waals surface area contributed by atoms with Crippen LogP contribution in [0.15, 0.2) is 17.1 Å². The second-order valence-electron chi connectivity index (χ2n) is 3.12. The summed E-state index contributed by atoms with van der Waals surface area (Å²) in [6.45, 7) is 3.29. The minimum atomic E-state index is -1.36. The Labute approximate surface area is 86.6 Å². The Morgan fingerprint density at radius 3 is 2.92 bits per heavy atom. The molecule has 0 aromatic heterocycles. The predicted molar refractivity (Wildman–Crippen MR) is 60.7 cm³/mol. The Bertz CT molecular complexity index is 238. The molecule has 0 fully saturated rings. The highest BCUT2D eigenvalue weighted by atomic mass is 32.1. The summed E-state index contributed by atoms with van der Waals surface area (Å²) in [7, 11) is 0.695. The quantitative estimate of drug-likeness (QED) is 0.399. The van der Waals surface area contributed by atoms with Crippen molar-refractivity contribution in [1.29, 1.82) is 0 Å². The van der Waals surface area contributed by atoms with E-state index in [4.69, 9.17) is 0 Å². The van der Waals surface area contributed by atoms with Gasteiger partial charge in [-0.15, -0.1) is 0 Å². The Kier molecular flexibility index (Phi) is 4.15. The predicted octanol–water partition coefficient (Wildman–Crippen LogP) is 1.33. The number of thiocarbonyl (C=S) groups is 1. The molecule has 1 atom stereocenters. The third kappa shape index (κ3) is 2.65. The summed E-state index contributed by atoms with van der Waals surface area (Å²) >= 11 is 4.64. The van der Waals surface area contributed by atoms with Crippen molar-refractivity contribution in [2.75, 3.05) is 13.6 Å². The first kappa shape index (κ1) is 10.4. The second-order valence-corrected chi connectivity index (χ2v) is 5.73. The van der Waals surface area contributed by atoms with Crippen LogP contribution in [-0.4, -0.2) is 37.2 Å². The maximum absolute atomic E-state index is 4.64. The standard InChI is InChI=1S/C8H15N3SSi/c1-3-4-5-11-7-6-10(2)13(11)9-8-12/h6-7,13H,3-5H2,1-2H3. The van der Waals surface area contributed by atoms with Crippen molar-refractivity contribution in [3.05, 3.63) is 12.4 Å².